The van der Waals surface area contributed by atoms with Crippen LogP contribution >= 0.6 is 0 Å². The van der Waals surface area contributed by atoms with E-state index in [0.29, 0.717) is 11.3 Å². The van der Waals surface area contributed by atoms with E-state index in [2.05, 4.69) is 10.5 Å². The van der Waals surface area contributed by atoms with Crippen LogP contribution in [0.15, 0.2) is 41.6 Å². The molecule has 0 aromatic heterocycles. The summed E-state index contributed by atoms with van der Waals surface area (Å²) in [5.41, 5.74) is 6.66. The zero-order valence-corrected chi connectivity index (χ0v) is 18.2. The molecule has 0 amide bonds. The predicted octanol–water partition coefficient (Wildman–Crippen LogP) is 2.73. The molecule has 0 saturated heterocycles. The van der Waals surface area contributed by atoms with Gasteiger partial charge in [-0.05, 0) is 37.1 Å². The fourth-order valence-electron chi connectivity index (χ4n) is 2.78. The summed E-state index contributed by atoms with van der Waals surface area (Å²) in [5.74, 6) is -1.73. The number of hydrogen-bond donors (Lipinski definition) is 4. The Hall–Kier alpha value is -3.53. The van der Waals surface area contributed by atoms with Crippen LogP contribution < -0.4 is 25.3 Å². The number of carbonyl (C=O) groups excluding carboxylic acids is 1. The molecule has 0 radical (unpaired) electrons. The lowest BCUT2D eigenvalue weighted by molar-refractivity contribution is -0.136. The molecule has 10 heteroatoms. The third-order valence-electron chi connectivity index (χ3n) is 4.39. The van der Waals surface area contributed by atoms with Crippen molar-refractivity contribution in [3.8, 4) is 17.2 Å². The van der Waals surface area contributed by atoms with E-state index in [9.17, 15) is 9.18 Å². The van der Waals surface area contributed by atoms with Crippen LogP contribution in [0.2, 0.25) is 0 Å². The molecule has 1 atom stereocenters. The maximum atomic E-state index is 14.6. The Kier molecular flexibility index (Phi) is 9.08. The smallest absolute Gasteiger partial charge is 0.334 e. The largest absolute Gasteiger partial charge is 0.490 e. The number of carbonyl (C=O) groups is 1. The number of aliphatic hydroxyl groups is 1. The number of nitrogens with zero attached hydrogens (tertiary/aromatic N) is 1. The first-order valence-electron chi connectivity index (χ1n) is 10.1. The van der Waals surface area contributed by atoms with Gasteiger partial charge in [0.1, 0.15) is 12.6 Å². The van der Waals surface area contributed by atoms with Crippen molar-refractivity contribution in [3.05, 3.63) is 47.8 Å². The quantitative estimate of drug-likeness (QED) is 0.103. The van der Waals surface area contributed by atoms with Gasteiger partial charge in [0.25, 0.3) is 0 Å². The van der Waals surface area contributed by atoms with Crippen molar-refractivity contribution in [2.75, 3.05) is 25.1 Å². The number of halogens is 1. The number of nitrogens with one attached hydrogen (secondary N) is 1. The van der Waals surface area contributed by atoms with E-state index < -0.39 is 17.8 Å². The molecule has 0 aliphatic carbocycles. The van der Waals surface area contributed by atoms with E-state index in [1.54, 1.807) is 31.2 Å². The third-order valence-corrected chi connectivity index (χ3v) is 4.39. The van der Waals surface area contributed by atoms with E-state index in [-0.39, 0.29) is 48.8 Å². The van der Waals surface area contributed by atoms with Crippen molar-refractivity contribution in [1.29, 1.82) is 0 Å². The number of anilines is 1. The molecular formula is C22H28FN3O6. The van der Waals surface area contributed by atoms with Crippen molar-refractivity contribution < 1.29 is 33.7 Å². The summed E-state index contributed by atoms with van der Waals surface area (Å²) < 4.78 is 30.6. The Morgan fingerprint density at radius 2 is 1.81 bits per heavy atom. The zero-order chi connectivity index (χ0) is 23.7. The van der Waals surface area contributed by atoms with Gasteiger partial charge >= 0.3 is 5.97 Å². The fourth-order valence-corrected chi connectivity index (χ4v) is 2.78. The van der Waals surface area contributed by atoms with Gasteiger partial charge in [-0.25, -0.2) is 9.18 Å². The lowest BCUT2D eigenvalue weighted by atomic mass is 10.0. The van der Waals surface area contributed by atoms with Crippen LogP contribution in [-0.2, 0) is 4.79 Å². The van der Waals surface area contributed by atoms with Crippen LogP contribution in [0.3, 0.4) is 0 Å². The summed E-state index contributed by atoms with van der Waals surface area (Å²) in [5, 5.41) is 23.7. The Morgan fingerprint density at radius 3 is 2.38 bits per heavy atom. The number of hydrogen-bond acceptors (Lipinski definition) is 8. The molecule has 174 valence electrons. The van der Waals surface area contributed by atoms with Gasteiger partial charge in [0.15, 0.2) is 28.9 Å². The maximum Gasteiger partial charge on any atom is 0.334 e. The molecule has 0 aliphatic rings. The van der Waals surface area contributed by atoms with Crippen LogP contribution in [0.25, 0.3) is 0 Å². The SMILES string of the molecule is CCOc1cc(OC(=O)C(Nc2ccc(C(N)=NO)cc2)C(C)C)c(F)cc1OCCO. The van der Waals surface area contributed by atoms with Crippen LogP contribution in [0, 0.1) is 11.7 Å². The number of amidine groups is 1. The minimum Gasteiger partial charge on any atom is -0.490 e. The van der Waals surface area contributed by atoms with Crippen LogP contribution in [0.5, 0.6) is 17.2 Å². The summed E-state index contributed by atoms with van der Waals surface area (Å²) in [6.45, 7) is 5.38. The average molecular weight is 449 g/mol. The highest BCUT2D eigenvalue weighted by Crippen LogP contribution is 2.34. The molecule has 5 N–H and O–H groups in total. The molecule has 0 fully saturated rings. The Bertz CT molecular complexity index is 934. The number of esters is 1. The molecule has 0 aliphatic heterocycles. The fraction of sp³-hybridized carbons (Fsp3) is 0.364. The number of aliphatic hydroxyl groups excluding tert-OH is 1. The van der Waals surface area contributed by atoms with Crippen molar-refractivity contribution in [2.24, 2.45) is 16.8 Å². The van der Waals surface area contributed by atoms with E-state index >= 15 is 0 Å². The number of rotatable bonds is 11. The normalized spacial score (nSPS) is 12.4. The molecular weight excluding hydrogens is 421 g/mol. The second-order valence-electron chi connectivity index (χ2n) is 7.08. The molecule has 0 spiro atoms. The third kappa shape index (κ3) is 6.48. The van der Waals surface area contributed by atoms with Gasteiger partial charge in [-0.1, -0.05) is 19.0 Å². The maximum absolute atomic E-state index is 14.6. The van der Waals surface area contributed by atoms with Crippen molar-refractivity contribution in [1.82, 2.24) is 0 Å². The second kappa shape index (κ2) is 11.8. The van der Waals surface area contributed by atoms with Gasteiger partial charge in [-0.2, -0.15) is 0 Å². The number of nitrogens with two attached hydrogens (primary N) is 1. The Balaban J connectivity index is 2.21. The van der Waals surface area contributed by atoms with Crippen molar-refractivity contribution in [2.45, 2.75) is 26.8 Å². The molecule has 2 rings (SSSR count). The Morgan fingerprint density at radius 1 is 1.16 bits per heavy atom. The first-order chi connectivity index (χ1) is 15.3. The van der Waals surface area contributed by atoms with E-state index in [1.807, 2.05) is 13.8 Å². The lowest BCUT2D eigenvalue weighted by Gasteiger charge is -2.22. The van der Waals surface area contributed by atoms with Gasteiger partial charge < -0.3 is 35.6 Å². The molecule has 9 nitrogen and oxygen atoms in total. The number of benzene rings is 2. The molecule has 2 aromatic carbocycles. The minimum atomic E-state index is -0.805. The monoisotopic (exact) mass is 449 g/mol. The Labute approximate surface area is 185 Å². The second-order valence-corrected chi connectivity index (χ2v) is 7.08. The molecule has 0 saturated carbocycles. The first-order valence-corrected chi connectivity index (χ1v) is 10.1. The highest BCUT2D eigenvalue weighted by Gasteiger charge is 2.26. The first kappa shape index (κ1) is 24.7. The van der Waals surface area contributed by atoms with Crippen molar-refractivity contribution >= 4 is 17.5 Å². The molecule has 1 unspecified atom stereocenters. The molecule has 0 bridgehead atoms. The highest BCUT2D eigenvalue weighted by molar-refractivity contribution is 5.97. The van der Waals surface area contributed by atoms with E-state index in [4.69, 9.17) is 30.3 Å². The standard InChI is InChI=1S/C22H28FN3O6/c1-4-30-19-12-17(16(23)11-18(19)31-10-9-27)32-22(28)20(13(2)3)25-15-7-5-14(6-8-15)21(24)26-29/h5-8,11-13,20,25,27,29H,4,9-10H2,1-3H3,(H2,24,26). The predicted molar refractivity (Wildman–Crippen MR) is 117 cm³/mol. The summed E-state index contributed by atoms with van der Waals surface area (Å²) in [4.78, 5) is 12.8. The summed E-state index contributed by atoms with van der Waals surface area (Å²) >= 11 is 0. The summed E-state index contributed by atoms with van der Waals surface area (Å²) in [7, 11) is 0. The van der Waals surface area contributed by atoms with E-state index in [1.165, 1.54) is 6.07 Å². The van der Waals surface area contributed by atoms with Gasteiger partial charge in [0, 0.05) is 23.4 Å². The lowest BCUT2D eigenvalue weighted by Crippen LogP contribution is -2.37. The summed E-state index contributed by atoms with van der Waals surface area (Å²) in [6, 6.07) is 8.08. The summed E-state index contributed by atoms with van der Waals surface area (Å²) in [6.07, 6.45) is 0. The van der Waals surface area contributed by atoms with Gasteiger partial charge in [0.2, 0.25) is 0 Å². The van der Waals surface area contributed by atoms with Crippen molar-refractivity contribution in [3.63, 3.8) is 0 Å². The highest BCUT2D eigenvalue weighted by atomic mass is 19.1. The minimum absolute atomic E-state index is 0.0351. The topological polar surface area (TPSA) is 136 Å². The molecule has 2 aromatic rings. The zero-order valence-electron chi connectivity index (χ0n) is 18.2. The number of ether oxygens (including phenoxy) is 3. The van der Waals surface area contributed by atoms with E-state index in [0.717, 1.165) is 6.07 Å². The molecule has 0 heterocycles. The van der Waals surface area contributed by atoms with Gasteiger partial charge in [0.05, 0.1) is 13.2 Å². The average Bonchev–Trinajstić information content (AvgIpc) is 2.78. The van der Waals surface area contributed by atoms with Crippen LogP contribution in [-0.4, -0.2) is 48.0 Å². The van der Waals surface area contributed by atoms with Crippen LogP contribution in [0.4, 0.5) is 10.1 Å². The number of oxime groups is 1. The van der Waals surface area contributed by atoms with Crippen LogP contribution in [0.1, 0.15) is 26.3 Å². The van der Waals surface area contributed by atoms with Gasteiger partial charge in [-0.15, -0.1) is 0 Å². The van der Waals surface area contributed by atoms with Gasteiger partial charge in [-0.3, -0.25) is 0 Å². The molecule has 32 heavy (non-hydrogen) atoms.